The lowest BCUT2D eigenvalue weighted by atomic mass is 10.1. The summed E-state index contributed by atoms with van der Waals surface area (Å²) >= 11 is 0. The molecule has 3 rings (SSSR count). The van der Waals surface area contributed by atoms with Crippen LogP contribution in [0.15, 0.2) is 42.5 Å². The summed E-state index contributed by atoms with van der Waals surface area (Å²) in [5, 5.41) is 2.54. The Morgan fingerprint density at radius 3 is 2.62 bits per heavy atom. The number of anilines is 1. The molecule has 1 heterocycles. The van der Waals surface area contributed by atoms with E-state index >= 15 is 0 Å². The Kier molecular flexibility index (Phi) is 6.33. The molecule has 0 saturated carbocycles. The summed E-state index contributed by atoms with van der Waals surface area (Å²) in [6.45, 7) is 2.30. The van der Waals surface area contributed by atoms with Gasteiger partial charge in [-0.15, -0.1) is 0 Å². The summed E-state index contributed by atoms with van der Waals surface area (Å²) in [6.07, 6.45) is 1.69. The zero-order chi connectivity index (χ0) is 20.8. The second-order valence-corrected chi connectivity index (χ2v) is 6.16. The Morgan fingerprint density at radius 1 is 1.17 bits per heavy atom. The van der Waals surface area contributed by atoms with Crippen LogP contribution in [0.4, 0.5) is 10.1 Å². The van der Waals surface area contributed by atoms with E-state index in [4.69, 9.17) is 18.9 Å². The standard InChI is InChI=1S/C21H20FNO6/c1-13(21(25)23-16-6-4-15(22)5-7-16)29-19(24)8-3-14-11-17(26-2)20-18(12-14)27-9-10-28-20/h3-8,11-13H,9-10H2,1-2H3,(H,23,25)/b8-3+/t13-/m1/s1. The van der Waals surface area contributed by atoms with Crippen molar-refractivity contribution in [1.82, 2.24) is 0 Å². The molecule has 2 aromatic carbocycles. The van der Waals surface area contributed by atoms with Crippen LogP contribution in [0.3, 0.4) is 0 Å². The molecule has 29 heavy (non-hydrogen) atoms. The minimum absolute atomic E-state index is 0.401. The van der Waals surface area contributed by atoms with Crippen LogP contribution in [0.2, 0.25) is 0 Å². The molecule has 0 spiro atoms. The second-order valence-electron chi connectivity index (χ2n) is 6.16. The van der Waals surface area contributed by atoms with E-state index in [2.05, 4.69) is 5.32 Å². The van der Waals surface area contributed by atoms with Crippen LogP contribution >= 0.6 is 0 Å². The lowest BCUT2D eigenvalue weighted by Crippen LogP contribution is -2.29. The molecule has 1 aliphatic rings. The van der Waals surface area contributed by atoms with Crippen LogP contribution in [-0.2, 0) is 14.3 Å². The lowest BCUT2D eigenvalue weighted by molar-refractivity contribution is -0.148. The van der Waals surface area contributed by atoms with Crippen molar-refractivity contribution in [2.75, 3.05) is 25.6 Å². The SMILES string of the molecule is COc1cc(/C=C/C(=O)O[C@H](C)C(=O)Nc2ccc(F)cc2)cc2c1OCCO2. The van der Waals surface area contributed by atoms with Gasteiger partial charge in [0.15, 0.2) is 17.6 Å². The number of benzene rings is 2. The Bertz CT molecular complexity index is 908. The minimum Gasteiger partial charge on any atom is -0.493 e. The number of hydrogen-bond donors (Lipinski definition) is 1. The Hall–Kier alpha value is -3.55. The molecule has 1 N–H and O–H groups in total. The molecule has 0 aromatic heterocycles. The predicted octanol–water partition coefficient (Wildman–Crippen LogP) is 3.19. The maximum atomic E-state index is 12.9. The molecule has 0 bridgehead atoms. The summed E-state index contributed by atoms with van der Waals surface area (Å²) in [5.74, 6) is -0.106. The zero-order valence-electron chi connectivity index (χ0n) is 15.9. The van der Waals surface area contributed by atoms with Crippen LogP contribution in [0.5, 0.6) is 17.2 Å². The molecule has 8 heteroatoms. The topological polar surface area (TPSA) is 83.1 Å². The number of carbonyl (C=O) groups is 2. The van der Waals surface area contributed by atoms with Crippen LogP contribution in [-0.4, -0.2) is 38.3 Å². The monoisotopic (exact) mass is 401 g/mol. The van der Waals surface area contributed by atoms with E-state index in [9.17, 15) is 14.0 Å². The third-order valence-corrected chi connectivity index (χ3v) is 4.04. The highest BCUT2D eigenvalue weighted by Gasteiger charge is 2.19. The average molecular weight is 401 g/mol. The number of nitrogens with one attached hydrogen (secondary N) is 1. The predicted molar refractivity (Wildman–Crippen MR) is 104 cm³/mol. The molecule has 0 radical (unpaired) electrons. The van der Waals surface area contributed by atoms with Gasteiger partial charge in [0.2, 0.25) is 5.75 Å². The van der Waals surface area contributed by atoms with Gasteiger partial charge in [-0.25, -0.2) is 9.18 Å². The maximum Gasteiger partial charge on any atom is 0.331 e. The second kappa shape index (κ2) is 9.09. The lowest BCUT2D eigenvalue weighted by Gasteiger charge is -2.20. The summed E-state index contributed by atoms with van der Waals surface area (Å²) in [5.41, 5.74) is 1.05. The Morgan fingerprint density at radius 2 is 1.90 bits per heavy atom. The van der Waals surface area contributed by atoms with Crippen LogP contribution in [0.1, 0.15) is 12.5 Å². The highest BCUT2D eigenvalue weighted by molar-refractivity contribution is 5.96. The van der Waals surface area contributed by atoms with Gasteiger partial charge >= 0.3 is 5.97 Å². The largest absolute Gasteiger partial charge is 0.493 e. The van der Waals surface area contributed by atoms with Gasteiger partial charge in [0.25, 0.3) is 5.91 Å². The number of rotatable bonds is 6. The molecule has 0 unspecified atom stereocenters. The van der Waals surface area contributed by atoms with Crippen molar-refractivity contribution in [3.8, 4) is 17.2 Å². The summed E-state index contributed by atoms with van der Waals surface area (Å²) < 4.78 is 34.4. The van der Waals surface area contributed by atoms with Crippen molar-refractivity contribution in [3.63, 3.8) is 0 Å². The smallest absolute Gasteiger partial charge is 0.331 e. The number of fused-ring (bicyclic) bond motifs is 1. The number of methoxy groups -OCH3 is 1. The first kappa shape index (κ1) is 20.2. The number of ether oxygens (including phenoxy) is 4. The first-order valence-electron chi connectivity index (χ1n) is 8.89. The first-order chi connectivity index (χ1) is 14.0. The highest BCUT2D eigenvalue weighted by atomic mass is 19.1. The number of halogens is 1. The van der Waals surface area contributed by atoms with E-state index in [-0.39, 0.29) is 0 Å². The maximum absolute atomic E-state index is 12.9. The molecule has 0 fully saturated rings. The van der Waals surface area contributed by atoms with Gasteiger partial charge in [-0.3, -0.25) is 4.79 Å². The quantitative estimate of drug-likeness (QED) is 0.591. The highest BCUT2D eigenvalue weighted by Crippen LogP contribution is 2.40. The van der Waals surface area contributed by atoms with Crippen molar-refractivity contribution in [3.05, 3.63) is 53.9 Å². The van der Waals surface area contributed by atoms with E-state index in [0.717, 1.165) is 0 Å². The van der Waals surface area contributed by atoms with E-state index in [1.807, 2.05) is 0 Å². The molecule has 152 valence electrons. The van der Waals surface area contributed by atoms with Gasteiger partial charge in [-0.05, 0) is 55.0 Å². The fraction of sp³-hybridized carbons (Fsp3) is 0.238. The van der Waals surface area contributed by atoms with Crippen molar-refractivity contribution in [2.24, 2.45) is 0 Å². The van der Waals surface area contributed by atoms with Crippen molar-refractivity contribution in [1.29, 1.82) is 0 Å². The fourth-order valence-corrected chi connectivity index (χ4v) is 2.60. The average Bonchev–Trinajstić information content (AvgIpc) is 2.73. The molecule has 0 saturated heterocycles. The molecule has 1 amide bonds. The van der Waals surface area contributed by atoms with Crippen molar-refractivity contribution >= 4 is 23.6 Å². The molecule has 0 aliphatic carbocycles. The third-order valence-electron chi connectivity index (χ3n) is 4.04. The number of esters is 1. The van der Waals surface area contributed by atoms with Gasteiger partial charge in [-0.1, -0.05) is 0 Å². The van der Waals surface area contributed by atoms with Crippen LogP contribution in [0, 0.1) is 5.82 Å². The van der Waals surface area contributed by atoms with E-state index in [1.54, 1.807) is 12.1 Å². The van der Waals surface area contributed by atoms with Gasteiger partial charge in [0, 0.05) is 11.8 Å². The normalized spacial score (nSPS) is 13.6. The first-order valence-corrected chi connectivity index (χ1v) is 8.89. The summed E-state index contributed by atoms with van der Waals surface area (Å²) in [6, 6.07) is 8.68. The zero-order valence-corrected chi connectivity index (χ0v) is 15.9. The third kappa shape index (κ3) is 5.25. The molecule has 1 aliphatic heterocycles. The number of hydrogen-bond acceptors (Lipinski definition) is 6. The number of carbonyl (C=O) groups excluding carboxylic acids is 2. The Labute approximate surface area is 167 Å². The van der Waals surface area contributed by atoms with E-state index in [1.165, 1.54) is 50.5 Å². The van der Waals surface area contributed by atoms with Crippen LogP contribution < -0.4 is 19.5 Å². The van der Waals surface area contributed by atoms with E-state index in [0.29, 0.717) is 41.7 Å². The molecule has 2 aromatic rings. The summed E-state index contributed by atoms with van der Waals surface area (Å²) in [4.78, 5) is 24.1. The van der Waals surface area contributed by atoms with E-state index < -0.39 is 23.8 Å². The van der Waals surface area contributed by atoms with Crippen LogP contribution in [0.25, 0.3) is 6.08 Å². The van der Waals surface area contributed by atoms with Gasteiger partial charge in [-0.2, -0.15) is 0 Å². The Balaban J connectivity index is 1.60. The molecular weight excluding hydrogens is 381 g/mol. The van der Waals surface area contributed by atoms with Gasteiger partial charge < -0.3 is 24.3 Å². The molecular formula is C21H20FNO6. The summed E-state index contributed by atoms with van der Waals surface area (Å²) in [7, 11) is 1.51. The molecule has 1 atom stereocenters. The van der Waals surface area contributed by atoms with Crippen molar-refractivity contribution < 1.29 is 32.9 Å². The van der Waals surface area contributed by atoms with Crippen molar-refractivity contribution in [2.45, 2.75) is 13.0 Å². The number of amides is 1. The molecule has 7 nitrogen and oxygen atoms in total. The fourth-order valence-electron chi connectivity index (χ4n) is 2.60. The van der Waals surface area contributed by atoms with Gasteiger partial charge in [0.05, 0.1) is 7.11 Å². The minimum atomic E-state index is -1.04. The van der Waals surface area contributed by atoms with Gasteiger partial charge in [0.1, 0.15) is 19.0 Å².